The molecule has 9 heteroatoms. The number of aromatic nitrogens is 3. The fraction of sp³-hybridized carbons (Fsp3) is 0.158. The van der Waals surface area contributed by atoms with E-state index in [1.165, 1.54) is 17.3 Å². The summed E-state index contributed by atoms with van der Waals surface area (Å²) in [6, 6.07) is 12.0. The lowest BCUT2D eigenvalue weighted by atomic mass is 10.1. The third-order valence-electron chi connectivity index (χ3n) is 3.75. The minimum atomic E-state index is -0.522. The van der Waals surface area contributed by atoms with E-state index in [-0.39, 0.29) is 6.42 Å². The van der Waals surface area contributed by atoms with Crippen LogP contribution in [0.15, 0.2) is 55.1 Å². The first-order chi connectivity index (χ1) is 13.5. The van der Waals surface area contributed by atoms with Gasteiger partial charge in [0.2, 0.25) is 0 Å². The van der Waals surface area contributed by atoms with E-state index in [2.05, 4.69) is 15.4 Å². The monoisotopic (exact) mass is 400 g/mol. The molecule has 3 aromatic rings. The molecule has 3 rings (SSSR count). The van der Waals surface area contributed by atoms with E-state index >= 15 is 0 Å². The van der Waals surface area contributed by atoms with E-state index in [1.807, 2.05) is 0 Å². The quantitative estimate of drug-likeness (QED) is 0.612. The number of nitrogens with zero attached hydrogens (tertiary/aromatic N) is 3. The molecule has 0 bridgehead atoms. The number of amides is 1. The van der Waals surface area contributed by atoms with E-state index < -0.39 is 18.5 Å². The summed E-state index contributed by atoms with van der Waals surface area (Å²) < 4.78 is 11.7. The van der Waals surface area contributed by atoms with Crippen molar-refractivity contribution in [1.82, 2.24) is 14.8 Å². The summed E-state index contributed by atoms with van der Waals surface area (Å²) in [7, 11) is 1.55. The second kappa shape index (κ2) is 9.01. The first-order valence-corrected chi connectivity index (χ1v) is 8.66. The zero-order valence-corrected chi connectivity index (χ0v) is 15.7. The zero-order valence-electron chi connectivity index (χ0n) is 15.0. The van der Waals surface area contributed by atoms with Crippen molar-refractivity contribution < 1.29 is 19.1 Å². The summed E-state index contributed by atoms with van der Waals surface area (Å²) >= 11 is 6.01. The highest BCUT2D eigenvalue weighted by Gasteiger charge is 2.13. The Morgan fingerprint density at radius 1 is 1.21 bits per heavy atom. The van der Waals surface area contributed by atoms with Crippen molar-refractivity contribution in [2.45, 2.75) is 6.42 Å². The number of methoxy groups -OCH3 is 1. The van der Waals surface area contributed by atoms with Gasteiger partial charge in [0.15, 0.2) is 6.61 Å². The molecule has 28 heavy (non-hydrogen) atoms. The van der Waals surface area contributed by atoms with Gasteiger partial charge in [-0.3, -0.25) is 9.59 Å². The minimum Gasteiger partial charge on any atom is -0.497 e. The molecule has 1 N–H and O–H groups in total. The standard InChI is InChI=1S/C19H17ClN4O4/c1-27-15-4-2-3-13(7-15)8-19(26)28-10-18(25)23-16-9-14(20)5-6-17(16)24-12-21-11-22-24/h2-7,9,11-12H,8,10H2,1H3,(H,23,25). The van der Waals surface area contributed by atoms with Crippen LogP contribution < -0.4 is 10.1 Å². The first-order valence-electron chi connectivity index (χ1n) is 8.28. The van der Waals surface area contributed by atoms with Crippen LogP contribution in [0.2, 0.25) is 5.02 Å². The number of hydrogen-bond acceptors (Lipinski definition) is 6. The number of carbonyl (C=O) groups excluding carboxylic acids is 2. The lowest BCUT2D eigenvalue weighted by molar-refractivity contribution is -0.146. The number of esters is 1. The zero-order chi connectivity index (χ0) is 19.9. The third-order valence-corrected chi connectivity index (χ3v) is 3.98. The third kappa shape index (κ3) is 5.08. The Hall–Kier alpha value is -3.39. The highest BCUT2D eigenvalue weighted by atomic mass is 35.5. The Labute approximate surface area is 166 Å². The Morgan fingerprint density at radius 3 is 2.82 bits per heavy atom. The van der Waals surface area contributed by atoms with Crippen LogP contribution in [0.25, 0.3) is 5.69 Å². The highest BCUT2D eigenvalue weighted by Crippen LogP contribution is 2.23. The van der Waals surface area contributed by atoms with Crippen LogP contribution in [0.5, 0.6) is 5.75 Å². The minimum absolute atomic E-state index is 0.0336. The van der Waals surface area contributed by atoms with Gasteiger partial charge in [0, 0.05) is 5.02 Å². The number of benzene rings is 2. The van der Waals surface area contributed by atoms with Crippen LogP contribution in [-0.2, 0) is 20.7 Å². The molecule has 144 valence electrons. The van der Waals surface area contributed by atoms with Gasteiger partial charge in [0.25, 0.3) is 5.91 Å². The maximum Gasteiger partial charge on any atom is 0.310 e. The first kappa shape index (κ1) is 19.4. The largest absolute Gasteiger partial charge is 0.497 e. The second-order valence-electron chi connectivity index (χ2n) is 5.74. The molecule has 1 heterocycles. The number of ether oxygens (including phenoxy) is 2. The Bertz CT molecular complexity index is 976. The molecule has 8 nitrogen and oxygen atoms in total. The number of nitrogens with one attached hydrogen (secondary N) is 1. The van der Waals surface area contributed by atoms with Gasteiger partial charge in [0.05, 0.1) is 24.9 Å². The average Bonchev–Trinajstić information content (AvgIpc) is 3.21. The predicted molar refractivity (Wildman–Crippen MR) is 103 cm³/mol. The van der Waals surface area contributed by atoms with Gasteiger partial charge < -0.3 is 14.8 Å². The second-order valence-corrected chi connectivity index (χ2v) is 6.18. The molecular formula is C19H17ClN4O4. The van der Waals surface area contributed by atoms with E-state index in [1.54, 1.807) is 49.6 Å². The maximum atomic E-state index is 12.2. The molecule has 0 aliphatic carbocycles. The van der Waals surface area contributed by atoms with E-state index in [9.17, 15) is 9.59 Å². The summed E-state index contributed by atoms with van der Waals surface area (Å²) in [5.74, 6) is -0.377. The van der Waals surface area contributed by atoms with E-state index in [0.29, 0.717) is 22.1 Å². The number of rotatable bonds is 7. The van der Waals surface area contributed by atoms with Crippen molar-refractivity contribution in [1.29, 1.82) is 0 Å². The molecule has 0 fully saturated rings. The average molecular weight is 401 g/mol. The van der Waals surface area contributed by atoms with Crippen LogP contribution in [0.3, 0.4) is 0 Å². The van der Waals surface area contributed by atoms with Crippen LogP contribution in [-0.4, -0.2) is 40.4 Å². The Morgan fingerprint density at radius 2 is 2.07 bits per heavy atom. The lowest BCUT2D eigenvalue weighted by Crippen LogP contribution is -2.22. The molecule has 1 aromatic heterocycles. The van der Waals surface area contributed by atoms with Gasteiger partial charge in [0.1, 0.15) is 18.4 Å². The van der Waals surface area contributed by atoms with Gasteiger partial charge >= 0.3 is 5.97 Å². The van der Waals surface area contributed by atoms with Crippen molar-refractivity contribution in [2.24, 2.45) is 0 Å². The summed E-state index contributed by atoms with van der Waals surface area (Å²) in [4.78, 5) is 28.1. The molecule has 2 aromatic carbocycles. The fourth-order valence-electron chi connectivity index (χ4n) is 2.47. The fourth-order valence-corrected chi connectivity index (χ4v) is 2.65. The Kier molecular flexibility index (Phi) is 6.23. The smallest absolute Gasteiger partial charge is 0.310 e. The van der Waals surface area contributed by atoms with Gasteiger partial charge in [-0.05, 0) is 35.9 Å². The topological polar surface area (TPSA) is 95.3 Å². The van der Waals surface area contributed by atoms with Gasteiger partial charge in [-0.1, -0.05) is 23.7 Å². The molecule has 0 saturated carbocycles. The molecular weight excluding hydrogens is 384 g/mol. The van der Waals surface area contributed by atoms with Gasteiger partial charge in [-0.25, -0.2) is 9.67 Å². The SMILES string of the molecule is COc1cccc(CC(=O)OCC(=O)Nc2cc(Cl)ccc2-n2cncn2)c1. The normalized spacial score (nSPS) is 10.4. The number of carbonyl (C=O) groups is 2. The van der Waals surface area contributed by atoms with Crippen molar-refractivity contribution >= 4 is 29.2 Å². The Balaban J connectivity index is 1.59. The van der Waals surface area contributed by atoms with Crippen LogP contribution >= 0.6 is 11.6 Å². The number of anilines is 1. The molecule has 0 radical (unpaired) electrons. The van der Waals surface area contributed by atoms with Crippen molar-refractivity contribution in [2.75, 3.05) is 19.0 Å². The molecule has 0 unspecified atom stereocenters. The lowest BCUT2D eigenvalue weighted by Gasteiger charge is -2.11. The number of halogens is 1. The van der Waals surface area contributed by atoms with E-state index in [4.69, 9.17) is 21.1 Å². The predicted octanol–water partition coefficient (Wildman–Crippen LogP) is 2.65. The van der Waals surface area contributed by atoms with Crippen LogP contribution in [0.4, 0.5) is 5.69 Å². The van der Waals surface area contributed by atoms with E-state index in [0.717, 1.165) is 5.56 Å². The summed E-state index contributed by atoms with van der Waals surface area (Å²) in [6.07, 6.45) is 2.90. The summed E-state index contributed by atoms with van der Waals surface area (Å²) in [5, 5.41) is 7.14. The van der Waals surface area contributed by atoms with Crippen molar-refractivity contribution in [3.05, 3.63) is 65.7 Å². The number of hydrogen-bond donors (Lipinski definition) is 1. The van der Waals surface area contributed by atoms with Gasteiger partial charge in [-0.2, -0.15) is 5.10 Å². The van der Waals surface area contributed by atoms with Crippen LogP contribution in [0.1, 0.15) is 5.56 Å². The van der Waals surface area contributed by atoms with Gasteiger partial charge in [-0.15, -0.1) is 0 Å². The highest BCUT2D eigenvalue weighted by molar-refractivity contribution is 6.31. The van der Waals surface area contributed by atoms with Crippen molar-refractivity contribution in [3.63, 3.8) is 0 Å². The molecule has 0 aliphatic rings. The summed E-state index contributed by atoms with van der Waals surface area (Å²) in [6.45, 7) is -0.424. The van der Waals surface area contributed by atoms with Crippen LogP contribution in [0, 0.1) is 0 Å². The molecule has 0 atom stereocenters. The molecule has 0 saturated heterocycles. The maximum absolute atomic E-state index is 12.2. The molecule has 0 aliphatic heterocycles. The van der Waals surface area contributed by atoms with Crippen molar-refractivity contribution in [3.8, 4) is 11.4 Å². The summed E-state index contributed by atoms with van der Waals surface area (Å²) in [5.41, 5.74) is 1.73. The molecule has 0 spiro atoms. The molecule has 1 amide bonds.